The van der Waals surface area contributed by atoms with Gasteiger partial charge in [0.25, 0.3) is 0 Å². The van der Waals surface area contributed by atoms with E-state index in [4.69, 9.17) is 10.1 Å². The van der Waals surface area contributed by atoms with Crippen LogP contribution in [-0.2, 0) is 11.0 Å². The highest BCUT2D eigenvalue weighted by atomic mass is 32.2. The summed E-state index contributed by atoms with van der Waals surface area (Å²) in [6.45, 7) is 8.50. The van der Waals surface area contributed by atoms with Gasteiger partial charge in [-0.05, 0) is 61.7 Å². The fourth-order valence-corrected chi connectivity index (χ4v) is 5.24. The molecular weight excluding hydrogens is 432 g/mol. The molecule has 3 N–H and O–H groups in total. The Morgan fingerprint density at radius 3 is 2.39 bits per heavy atom. The number of aryl methyl sites for hydroxylation is 1. The number of hydrogen-bond donors (Lipinski definition) is 2. The molecule has 4 aromatic rings. The van der Waals surface area contributed by atoms with Gasteiger partial charge < -0.3 is 10.2 Å². The van der Waals surface area contributed by atoms with Gasteiger partial charge in [-0.3, -0.25) is 0 Å². The van der Waals surface area contributed by atoms with Crippen molar-refractivity contribution < 1.29 is 4.21 Å². The van der Waals surface area contributed by atoms with Crippen LogP contribution in [0.25, 0.3) is 27.9 Å². The summed E-state index contributed by atoms with van der Waals surface area (Å²) in [4.78, 5) is 7.81. The molecule has 0 saturated carbocycles. The Balaban J connectivity index is 1.45. The van der Waals surface area contributed by atoms with Crippen LogP contribution < -0.4 is 15.4 Å². The third-order valence-electron chi connectivity index (χ3n) is 6.40. The summed E-state index contributed by atoms with van der Waals surface area (Å²) in [5.41, 5.74) is 7.06. The SMILES string of the molecule is Cc1cc(S(N)=O)ccc1-c1cnn2cc(-c3ccc(N4C(C)CNCC4C)cc3)cnc12. The van der Waals surface area contributed by atoms with Crippen molar-refractivity contribution in [2.24, 2.45) is 5.14 Å². The molecular formula is C25H28N6OS. The Bertz CT molecular complexity index is 1320. The first-order valence-electron chi connectivity index (χ1n) is 11.1. The molecule has 0 radical (unpaired) electrons. The molecule has 3 unspecified atom stereocenters. The first kappa shape index (κ1) is 21.8. The molecule has 2 aromatic heterocycles. The summed E-state index contributed by atoms with van der Waals surface area (Å²) in [5, 5.41) is 13.5. The Labute approximate surface area is 196 Å². The standard InChI is InChI=1S/C25H28N6OS/c1-16-10-22(33(26)32)8-9-23(16)24-14-29-30-15-20(13-28-25(24)30)19-4-6-21(7-5-19)31-17(2)11-27-12-18(31)3/h4-10,13-15,17-18,27H,11-12,26H2,1-3H3. The summed E-state index contributed by atoms with van der Waals surface area (Å²) in [7, 11) is -1.50. The molecule has 0 bridgehead atoms. The molecule has 1 aliphatic rings. The van der Waals surface area contributed by atoms with Gasteiger partial charge in [-0.25, -0.2) is 18.8 Å². The fourth-order valence-electron chi connectivity index (χ4n) is 4.74. The highest BCUT2D eigenvalue weighted by molar-refractivity contribution is 7.82. The Morgan fingerprint density at radius 1 is 1.00 bits per heavy atom. The molecule has 2 aromatic carbocycles. The Hall–Kier alpha value is -3.07. The lowest BCUT2D eigenvalue weighted by atomic mass is 10.0. The highest BCUT2D eigenvalue weighted by Crippen LogP contribution is 2.30. The summed E-state index contributed by atoms with van der Waals surface area (Å²) >= 11 is 0. The molecule has 0 spiro atoms. The van der Waals surface area contributed by atoms with Gasteiger partial charge in [-0.1, -0.05) is 18.2 Å². The molecule has 3 heterocycles. The van der Waals surface area contributed by atoms with Crippen LogP contribution in [0.5, 0.6) is 0 Å². The number of rotatable bonds is 4. The number of hydrogen-bond acceptors (Lipinski definition) is 5. The summed E-state index contributed by atoms with van der Waals surface area (Å²) in [5.74, 6) is 0. The predicted octanol–water partition coefficient (Wildman–Crippen LogP) is 3.54. The van der Waals surface area contributed by atoms with Crippen molar-refractivity contribution in [3.63, 3.8) is 0 Å². The van der Waals surface area contributed by atoms with Gasteiger partial charge in [0.15, 0.2) is 5.65 Å². The molecule has 170 valence electrons. The second-order valence-electron chi connectivity index (χ2n) is 8.75. The number of fused-ring (bicyclic) bond motifs is 1. The van der Waals surface area contributed by atoms with Gasteiger partial charge in [-0.15, -0.1) is 0 Å². The van der Waals surface area contributed by atoms with Gasteiger partial charge >= 0.3 is 0 Å². The van der Waals surface area contributed by atoms with Gasteiger partial charge in [0, 0.05) is 54.4 Å². The number of piperazine rings is 1. The van der Waals surface area contributed by atoms with E-state index in [2.05, 4.69) is 53.4 Å². The number of nitrogens with two attached hydrogens (primary N) is 1. The molecule has 3 atom stereocenters. The normalized spacial score (nSPS) is 19.7. The van der Waals surface area contributed by atoms with E-state index in [0.717, 1.165) is 46.6 Å². The number of nitrogens with zero attached hydrogens (tertiary/aromatic N) is 4. The zero-order valence-electron chi connectivity index (χ0n) is 19.0. The third-order valence-corrected chi connectivity index (χ3v) is 7.12. The lowest BCUT2D eigenvalue weighted by Gasteiger charge is -2.41. The Morgan fingerprint density at radius 2 is 1.73 bits per heavy atom. The van der Waals surface area contributed by atoms with Gasteiger partial charge in [-0.2, -0.15) is 5.10 Å². The van der Waals surface area contributed by atoms with Gasteiger partial charge in [0.1, 0.15) is 11.0 Å². The van der Waals surface area contributed by atoms with Gasteiger partial charge in [0.05, 0.1) is 11.1 Å². The van der Waals surface area contributed by atoms with E-state index >= 15 is 0 Å². The minimum absolute atomic E-state index is 0.461. The van der Waals surface area contributed by atoms with Crippen LogP contribution in [0.3, 0.4) is 0 Å². The molecule has 33 heavy (non-hydrogen) atoms. The van der Waals surface area contributed by atoms with E-state index < -0.39 is 11.0 Å². The van der Waals surface area contributed by atoms with Gasteiger partial charge in [0.2, 0.25) is 0 Å². The average molecular weight is 461 g/mol. The van der Waals surface area contributed by atoms with Crippen LogP contribution in [0.1, 0.15) is 19.4 Å². The molecule has 1 fully saturated rings. The minimum atomic E-state index is -1.50. The van der Waals surface area contributed by atoms with Crippen molar-refractivity contribution in [1.29, 1.82) is 0 Å². The van der Waals surface area contributed by atoms with E-state index in [1.54, 1.807) is 6.07 Å². The lowest BCUT2D eigenvalue weighted by molar-refractivity contribution is 0.432. The van der Waals surface area contributed by atoms with Crippen molar-refractivity contribution in [2.75, 3.05) is 18.0 Å². The Kier molecular flexibility index (Phi) is 5.74. The smallest absolute Gasteiger partial charge is 0.162 e. The van der Waals surface area contributed by atoms with Crippen LogP contribution in [0.15, 0.2) is 66.0 Å². The maximum atomic E-state index is 11.6. The fraction of sp³-hybridized carbons (Fsp3) is 0.280. The zero-order valence-corrected chi connectivity index (χ0v) is 19.8. The molecule has 1 saturated heterocycles. The van der Waals surface area contributed by atoms with Crippen LogP contribution in [-0.4, -0.2) is 44.0 Å². The van der Waals surface area contributed by atoms with E-state index in [-0.39, 0.29) is 0 Å². The first-order chi connectivity index (χ1) is 15.9. The summed E-state index contributed by atoms with van der Waals surface area (Å²) in [6.07, 6.45) is 5.73. The quantitative estimate of drug-likeness (QED) is 0.486. The maximum absolute atomic E-state index is 11.6. The zero-order chi connectivity index (χ0) is 23.1. The third kappa shape index (κ3) is 4.06. The predicted molar refractivity (Wildman–Crippen MR) is 133 cm³/mol. The average Bonchev–Trinajstić information content (AvgIpc) is 3.22. The van der Waals surface area contributed by atoms with Crippen LogP contribution in [0.2, 0.25) is 0 Å². The largest absolute Gasteiger partial charge is 0.364 e. The second kappa shape index (κ2) is 8.70. The van der Waals surface area contributed by atoms with Crippen LogP contribution in [0, 0.1) is 6.92 Å². The van der Waals surface area contributed by atoms with E-state index in [1.165, 1.54) is 5.69 Å². The van der Waals surface area contributed by atoms with Crippen molar-refractivity contribution >= 4 is 22.3 Å². The molecule has 1 aliphatic heterocycles. The topological polar surface area (TPSA) is 88.5 Å². The lowest BCUT2D eigenvalue weighted by Crippen LogP contribution is -2.55. The first-order valence-corrected chi connectivity index (χ1v) is 12.3. The summed E-state index contributed by atoms with van der Waals surface area (Å²) in [6, 6.07) is 15.2. The highest BCUT2D eigenvalue weighted by Gasteiger charge is 2.24. The van der Waals surface area contributed by atoms with E-state index in [0.29, 0.717) is 17.0 Å². The van der Waals surface area contributed by atoms with Crippen LogP contribution in [0.4, 0.5) is 5.69 Å². The molecule has 8 heteroatoms. The maximum Gasteiger partial charge on any atom is 0.162 e. The minimum Gasteiger partial charge on any atom is -0.364 e. The molecule has 5 rings (SSSR count). The van der Waals surface area contributed by atoms with Crippen molar-refractivity contribution in [3.8, 4) is 22.3 Å². The van der Waals surface area contributed by atoms with Crippen molar-refractivity contribution in [1.82, 2.24) is 19.9 Å². The van der Waals surface area contributed by atoms with E-state index in [1.807, 2.05) is 42.2 Å². The van der Waals surface area contributed by atoms with Crippen molar-refractivity contribution in [3.05, 3.63) is 66.6 Å². The number of anilines is 1. The monoisotopic (exact) mass is 460 g/mol. The van der Waals surface area contributed by atoms with Crippen molar-refractivity contribution in [2.45, 2.75) is 37.8 Å². The summed E-state index contributed by atoms with van der Waals surface area (Å²) < 4.78 is 13.4. The molecule has 0 amide bonds. The number of aromatic nitrogens is 3. The second-order valence-corrected chi connectivity index (χ2v) is 9.82. The molecule has 0 aliphatic carbocycles. The number of nitrogens with one attached hydrogen (secondary N) is 1. The number of benzene rings is 2. The molecule has 7 nitrogen and oxygen atoms in total. The van der Waals surface area contributed by atoms with Crippen LogP contribution >= 0.6 is 0 Å². The van der Waals surface area contributed by atoms with E-state index in [9.17, 15) is 4.21 Å².